The molecule has 0 radical (unpaired) electrons. The average molecular weight is 738 g/mol. The number of amides is 1. The van der Waals surface area contributed by atoms with E-state index in [4.69, 9.17) is 24.7 Å². The van der Waals surface area contributed by atoms with Crippen molar-refractivity contribution in [1.29, 1.82) is 0 Å². The summed E-state index contributed by atoms with van der Waals surface area (Å²) >= 11 is 0. The molecule has 0 saturated carbocycles. The predicted molar refractivity (Wildman–Crippen MR) is 197 cm³/mol. The topological polar surface area (TPSA) is 183 Å². The summed E-state index contributed by atoms with van der Waals surface area (Å²) in [7, 11) is 1.25. The van der Waals surface area contributed by atoms with Gasteiger partial charge in [0.15, 0.2) is 11.8 Å². The molecule has 14 nitrogen and oxygen atoms in total. The molecule has 0 aliphatic carbocycles. The van der Waals surface area contributed by atoms with Gasteiger partial charge in [0.1, 0.15) is 23.2 Å². The Morgan fingerprint density at radius 1 is 0.906 bits per heavy atom. The van der Waals surface area contributed by atoms with E-state index in [1.807, 2.05) is 65.2 Å². The van der Waals surface area contributed by atoms with E-state index in [1.165, 1.54) is 7.11 Å². The molecule has 1 unspecified atom stereocenters. The van der Waals surface area contributed by atoms with Gasteiger partial charge in [0.25, 0.3) is 0 Å². The molecule has 2 heterocycles. The third-order valence-corrected chi connectivity index (χ3v) is 8.08. The van der Waals surface area contributed by atoms with Crippen LogP contribution in [-0.2, 0) is 57.8 Å². The fourth-order valence-electron chi connectivity index (χ4n) is 5.40. The number of fused-ring (bicyclic) bond motifs is 1. The Labute approximate surface area is 312 Å². The van der Waals surface area contributed by atoms with Crippen LogP contribution in [0.3, 0.4) is 0 Å². The first-order valence-corrected chi connectivity index (χ1v) is 17.8. The Kier molecular flexibility index (Phi) is 16.6. The smallest absolute Gasteiger partial charge is 0.408 e. The van der Waals surface area contributed by atoms with E-state index in [1.54, 1.807) is 41.5 Å². The van der Waals surface area contributed by atoms with Crippen LogP contribution in [0.25, 0.3) is 0 Å². The monoisotopic (exact) mass is 737 g/mol. The minimum Gasteiger partial charge on any atom is -0.467 e. The number of carbonyl (C=O) groups is 4. The van der Waals surface area contributed by atoms with Gasteiger partial charge in [-0.1, -0.05) is 60.7 Å². The molecule has 290 valence electrons. The lowest BCUT2D eigenvalue weighted by molar-refractivity contribution is -0.146. The van der Waals surface area contributed by atoms with Crippen LogP contribution in [0.1, 0.15) is 95.4 Å². The summed E-state index contributed by atoms with van der Waals surface area (Å²) in [6, 6.07) is 18.5. The Morgan fingerprint density at radius 3 is 2.02 bits per heavy atom. The highest BCUT2D eigenvalue weighted by atomic mass is 16.6. The van der Waals surface area contributed by atoms with Gasteiger partial charge in [-0.05, 0) is 65.5 Å². The zero-order chi connectivity index (χ0) is 39.0. The van der Waals surface area contributed by atoms with Gasteiger partial charge in [0.05, 0.1) is 45.7 Å². The molecule has 0 spiro atoms. The van der Waals surface area contributed by atoms with Gasteiger partial charge in [-0.2, -0.15) is 0 Å². The molecule has 3 aromatic rings. The van der Waals surface area contributed by atoms with Crippen molar-refractivity contribution >= 4 is 23.8 Å². The number of hydrogen-bond acceptors (Lipinski definition) is 12. The zero-order valence-corrected chi connectivity index (χ0v) is 32.0. The Balaban J connectivity index is 0.000000304. The van der Waals surface area contributed by atoms with Crippen LogP contribution in [0.15, 0.2) is 60.7 Å². The molecular formula is C39H55N5O9. The second-order valence-corrected chi connectivity index (χ2v) is 14.3. The van der Waals surface area contributed by atoms with Crippen LogP contribution in [0.4, 0.5) is 4.79 Å². The molecule has 1 aliphatic heterocycles. The maximum Gasteiger partial charge on any atom is 0.408 e. The van der Waals surface area contributed by atoms with Crippen molar-refractivity contribution in [2.75, 3.05) is 26.9 Å². The SMILES string of the molecule is CCOC(=O)C1CCCn2c1nnc2[C@@H](COCc1ccccc1)CC(=O)C(C)(C)N.COC(=O)[C@@H](COCc1ccccc1)NC(=O)OC(C)(C)C. The van der Waals surface area contributed by atoms with Crippen molar-refractivity contribution in [3.8, 4) is 0 Å². The number of nitrogens with zero attached hydrogens (tertiary/aromatic N) is 3. The fourth-order valence-corrected chi connectivity index (χ4v) is 5.40. The van der Waals surface area contributed by atoms with E-state index in [2.05, 4.69) is 20.3 Å². The highest BCUT2D eigenvalue weighted by Crippen LogP contribution is 2.31. The minimum absolute atomic E-state index is 0.000804. The number of esters is 2. The number of aromatic nitrogens is 3. The van der Waals surface area contributed by atoms with E-state index >= 15 is 0 Å². The van der Waals surface area contributed by atoms with E-state index in [0.717, 1.165) is 17.5 Å². The lowest BCUT2D eigenvalue weighted by atomic mass is 9.91. The van der Waals surface area contributed by atoms with Gasteiger partial charge in [-0.3, -0.25) is 9.59 Å². The number of carbonyl (C=O) groups excluding carboxylic acids is 4. The van der Waals surface area contributed by atoms with Gasteiger partial charge >= 0.3 is 18.0 Å². The normalized spacial score (nSPS) is 15.1. The number of nitrogens with one attached hydrogen (secondary N) is 1. The summed E-state index contributed by atoms with van der Waals surface area (Å²) in [6.45, 7) is 12.5. The van der Waals surface area contributed by atoms with Crippen LogP contribution >= 0.6 is 0 Å². The Morgan fingerprint density at radius 2 is 1.49 bits per heavy atom. The van der Waals surface area contributed by atoms with E-state index < -0.39 is 35.2 Å². The number of methoxy groups -OCH3 is 1. The third-order valence-electron chi connectivity index (χ3n) is 8.08. The first-order chi connectivity index (χ1) is 25.1. The summed E-state index contributed by atoms with van der Waals surface area (Å²) in [5, 5.41) is 11.1. The fraction of sp³-hybridized carbons (Fsp3) is 0.538. The van der Waals surface area contributed by atoms with E-state index in [9.17, 15) is 19.2 Å². The molecule has 1 amide bonds. The second kappa shape index (κ2) is 20.5. The van der Waals surface area contributed by atoms with Crippen LogP contribution in [-0.4, -0.2) is 82.7 Å². The molecule has 53 heavy (non-hydrogen) atoms. The molecule has 1 aliphatic rings. The largest absolute Gasteiger partial charge is 0.467 e. The van der Waals surface area contributed by atoms with Gasteiger partial charge < -0.3 is 39.3 Å². The van der Waals surface area contributed by atoms with Crippen molar-refractivity contribution in [2.45, 2.75) is 110 Å². The second-order valence-electron chi connectivity index (χ2n) is 14.3. The maximum absolute atomic E-state index is 12.7. The van der Waals surface area contributed by atoms with Crippen LogP contribution < -0.4 is 11.1 Å². The van der Waals surface area contributed by atoms with Crippen molar-refractivity contribution in [3.05, 3.63) is 83.4 Å². The van der Waals surface area contributed by atoms with Crippen molar-refractivity contribution in [3.63, 3.8) is 0 Å². The summed E-state index contributed by atoms with van der Waals surface area (Å²) in [4.78, 5) is 48.5. The van der Waals surface area contributed by atoms with Crippen molar-refractivity contribution in [1.82, 2.24) is 20.1 Å². The number of hydrogen-bond donors (Lipinski definition) is 2. The molecule has 4 rings (SSSR count). The number of ether oxygens (including phenoxy) is 5. The summed E-state index contributed by atoms with van der Waals surface area (Å²) in [5.41, 5.74) is 6.48. The van der Waals surface area contributed by atoms with Gasteiger partial charge in [-0.25, -0.2) is 9.59 Å². The minimum atomic E-state index is -0.949. The van der Waals surface area contributed by atoms with E-state index in [0.29, 0.717) is 51.0 Å². The molecular weight excluding hydrogens is 682 g/mol. The molecule has 2 aromatic carbocycles. The highest BCUT2D eigenvalue weighted by Gasteiger charge is 2.35. The first kappa shape index (κ1) is 42.8. The molecule has 0 saturated heterocycles. The quantitative estimate of drug-likeness (QED) is 0.149. The Hall–Kier alpha value is -4.66. The highest BCUT2D eigenvalue weighted by molar-refractivity contribution is 5.87. The average Bonchev–Trinajstić information content (AvgIpc) is 3.55. The van der Waals surface area contributed by atoms with Crippen molar-refractivity contribution < 1.29 is 42.9 Å². The van der Waals surface area contributed by atoms with Crippen LogP contribution in [0.2, 0.25) is 0 Å². The van der Waals surface area contributed by atoms with Gasteiger partial charge in [0, 0.05) is 18.9 Å². The maximum atomic E-state index is 12.7. The molecule has 0 fully saturated rings. The first-order valence-electron chi connectivity index (χ1n) is 17.8. The molecule has 3 atom stereocenters. The van der Waals surface area contributed by atoms with Crippen LogP contribution in [0.5, 0.6) is 0 Å². The molecule has 14 heteroatoms. The van der Waals surface area contributed by atoms with Gasteiger partial charge in [-0.15, -0.1) is 10.2 Å². The summed E-state index contributed by atoms with van der Waals surface area (Å²) < 4.78 is 28.4. The number of ketones is 1. The predicted octanol–water partition coefficient (Wildman–Crippen LogP) is 4.99. The number of rotatable bonds is 16. The summed E-state index contributed by atoms with van der Waals surface area (Å²) in [6.07, 6.45) is 1.00. The van der Waals surface area contributed by atoms with Crippen molar-refractivity contribution in [2.24, 2.45) is 5.73 Å². The zero-order valence-electron chi connectivity index (χ0n) is 32.0. The Bertz CT molecular complexity index is 1600. The lowest BCUT2D eigenvalue weighted by Crippen LogP contribution is -2.46. The molecule has 3 N–H and O–H groups in total. The number of nitrogens with two attached hydrogens (primary N) is 1. The number of Topliss-reactive ketones (excluding diaryl/α,β-unsaturated/α-hetero) is 1. The van der Waals surface area contributed by atoms with Gasteiger partial charge in [0.2, 0.25) is 0 Å². The lowest BCUT2D eigenvalue weighted by Gasteiger charge is -2.25. The summed E-state index contributed by atoms with van der Waals surface area (Å²) in [5.74, 6) is -0.404. The number of benzene rings is 2. The molecule has 1 aromatic heterocycles. The third kappa shape index (κ3) is 14.4. The van der Waals surface area contributed by atoms with Crippen LogP contribution in [0, 0.1) is 0 Å². The standard InChI is InChI=1S/C23H32N4O4.C16H23NO5/c1-4-31-22(29)18-11-8-12-27-20(25-26-21(18)27)17(13-19(28)23(2,3)24)15-30-14-16-9-6-5-7-10-16;1-16(2,3)22-15(19)17-13(14(18)20-4)11-21-10-12-8-6-5-7-9-12/h5-7,9-10,17-18H,4,8,11-15,24H2,1-3H3;5-9,13H,10-11H2,1-4H3,(H,17,19)/t17-,18?;13-/m11/s1. The number of alkyl carbamates (subject to hydrolysis) is 1. The van der Waals surface area contributed by atoms with E-state index in [-0.39, 0.29) is 30.7 Å². The molecule has 0 bridgehead atoms.